The van der Waals surface area contributed by atoms with Gasteiger partial charge in [-0.3, -0.25) is 4.79 Å². The summed E-state index contributed by atoms with van der Waals surface area (Å²) in [7, 11) is 0. The molecule has 0 aromatic heterocycles. The molecule has 6 heteroatoms. The second-order valence-corrected chi connectivity index (χ2v) is 9.59. The monoisotopic (exact) mass is 490 g/mol. The van der Waals surface area contributed by atoms with Crippen molar-refractivity contribution in [2.24, 2.45) is 0 Å². The van der Waals surface area contributed by atoms with E-state index in [1.54, 1.807) is 24.3 Å². The third kappa shape index (κ3) is 8.95. The zero-order chi connectivity index (χ0) is 25.3. The van der Waals surface area contributed by atoms with Crippen molar-refractivity contribution >= 4 is 34.9 Å². The molecule has 0 heterocycles. The van der Waals surface area contributed by atoms with Crippen LogP contribution in [-0.2, 0) is 9.53 Å². The van der Waals surface area contributed by atoms with Gasteiger partial charge in [0.2, 0.25) is 0 Å². The van der Waals surface area contributed by atoms with E-state index < -0.39 is 11.6 Å². The molecule has 0 aliphatic rings. The molecule has 35 heavy (non-hydrogen) atoms. The van der Waals surface area contributed by atoms with E-state index in [-0.39, 0.29) is 18.4 Å². The minimum Gasteiger partial charge on any atom is -0.460 e. The molecule has 0 saturated heterocycles. The maximum Gasteiger partial charge on any atom is 0.319 e. The minimum atomic E-state index is -0.568. The van der Waals surface area contributed by atoms with Crippen LogP contribution < -0.4 is 10.6 Å². The Labute approximate surface area is 212 Å². The molecule has 0 bridgehead atoms. The predicted molar refractivity (Wildman–Crippen MR) is 142 cm³/mol. The first-order chi connectivity index (χ1) is 16.7. The number of hydrogen-bond donors (Lipinski definition) is 2. The van der Waals surface area contributed by atoms with Gasteiger partial charge in [-0.25, -0.2) is 4.79 Å². The third-order valence-corrected chi connectivity index (χ3v) is 5.29. The van der Waals surface area contributed by atoms with E-state index >= 15 is 0 Å². The van der Waals surface area contributed by atoms with Crippen LogP contribution in [0.4, 0.5) is 10.5 Å². The summed E-state index contributed by atoms with van der Waals surface area (Å²) in [4.78, 5) is 25.2. The van der Waals surface area contributed by atoms with Crippen molar-refractivity contribution in [3.05, 3.63) is 107 Å². The first kappa shape index (κ1) is 26.0. The average Bonchev–Trinajstić information content (AvgIpc) is 2.82. The quantitative estimate of drug-likeness (QED) is 0.331. The molecule has 1 atom stereocenters. The molecule has 3 aromatic rings. The number of benzene rings is 3. The highest BCUT2D eigenvalue weighted by atomic mass is 35.5. The van der Waals surface area contributed by atoms with Gasteiger partial charge >= 0.3 is 12.0 Å². The Morgan fingerprint density at radius 1 is 0.886 bits per heavy atom. The Morgan fingerprint density at radius 3 is 1.94 bits per heavy atom. The summed E-state index contributed by atoms with van der Waals surface area (Å²) in [6.45, 7) is 5.51. The van der Waals surface area contributed by atoms with Crippen molar-refractivity contribution in [2.45, 2.75) is 45.3 Å². The lowest BCUT2D eigenvalue weighted by molar-refractivity contribution is -0.155. The van der Waals surface area contributed by atoms with E-state index in [4.69, 9.17) is 16.3 Å². The first-order valence-corrected chi connectivity index (χ1v) is 11.9. The lowest BCUT2D eigenvalue weighted by Crippen LogP contribution is -2.37. The number of carbonyl (C=O) groups excluding carboxylic acids is 2. The summed E-state index contributed by atoms with van der Waals surface area (Å²) in [5.74, 6) is -0.309. The van der Waals surface area contributed by atoms with Gasteiger partial charge in [-0.05, 0) is 68.2 Å². The van der Waals surface area contributed by atoms with Gasteiger partial charge in [-0.15, -0.1) is 0 Å². The second-order valence-electron chi connectivity index (χ2n) is 9.15. The van der Waals surface area contributed by atoms with Crippen LogP contribution in [0.1, 0.15) is 44.7 Å². The van der Waals surface area contributed by atoms with E-state index in [1.165, 1.54) is 0 Å². The van der Waals surface area contributed by atoms with Gasteiger partial charge in [0.25, 0.3) is 0 Å². The Morgan fingerprint density at radius 2 is 1.43 bits per heavy atom. The highest BCUT2D eigenvalue weighted by molar-refractivity contribution is 6.30. The molecular formula is C29H31ClN2O3. The number of rotatable bonds is 8. The SMILES string of the molecule is CC(C)(C)OC(=O)CCC(C=C(c1ccccc1)c1ccccc1)NC(=O)Nc1ccc(Cl)cc1. The Kier molecular flexibility index (Phi) is 9.10. The Balaban J connectivity index is 1.87. The van der Waals surface area contributed by atoms with Crippen molar-refractivity contribution in [2.75, 3.05) is 5.32 Å². The van der Waals surface area contributed by atoms with Crippen molar-refractivity contribution in [1.82, 2.24) is 5.32 Å². The van der Waals surface area contributed by atoms with Crippen LogP contribution in [0.5, 0.6) is 0 Å². The molecule has 0 saturated carbocycles. The standard InChI is InChI=1S/C29H31ClN2O3/c1-29(2,3)35-27(33)19-18-25(32-28(34)31-24-16-14-23(30)15-17-24)20-26(21-10-6-4-7-11-21)22-12-8-5-9-13-22/h4-17,20,25H,18-19H2,1-3H3,(H2,31,32,34). The first-order valence-electron chi connectivity index (χ1n) is 11.6. The number of ether oxygens (including phenoxy) is 1. The fourth-order valence-electron chi connectivity index (χ4n) is 3.53. The molecule has 0 aliphatic heterocycles. The second kappa shape index (κ2) is 12.2. The molecule has 1 unspecified atom stereocenters. The topological polar surface area (TPSA) is 67.4 Å². The van der Waals surface area contributed by atoms with Crippen LogP contribution in [0.2, 0.25) is 5.02 Å². The largest absolute Gasteiger partial charge is 0.460 e. The van der Waals surface area contributed by atoms with Gasteiger partial charge in [-0.2, -0.15) is 0 Å². The summed E-state index contributed by atoms with van der Waals surface area (Å²) in [6.07, 6.45) is 2.54. The van der Waals surface area contributed by atoms with Crippen LogP contribution in [0.25, 0.3) is 5.57 Å². The Hall–Kier alpha value is -3.57. The minimum absolute atomic E-state index is 0.163. The Bertz CT molecular complexity index is 1100. The average molecular weight is 491 g/mol. The molecule has 5 nitrogen and oxygen atoms in total. The van der Waals surface area contributed by atoms with E-state index in [0.29, 0.717) is 17.1 Å². The smallest absolute Gasteiger partial charge is 0.319 e. The number of carbonyl (C=O) groups is 2. The predicted octanol–water partition coefficient (Wildman–Crippen LogP) is 7.08. The maximum absolute atomic E-state index is 12.8. The number of esters is 1. The number of urea groups is 1. The van der Waals surface area contributed by atoms with Gasteiger partial charge < -0.3 is 15.4 Å². The molecule has 2 amide bonds. The summed E-state index contributed by atoms with van der Waals surface area (Å²) < 4.78 is 5.47. The normalized spacial score (nSPS) is 11.8. The summed E-state index contributed by atoms with van der Waals surface area (Å²) >= 11 is 5.94. The summed E-state index contributed by atoms with van der Waals surface area (Å²) in [5, 5.41) is 6.41. The molecular weight excluding hydrogens is 460 g/mol. The van der Waals surface area contributed by atoms with Crippen molar-refractivity contribution in [1.29, 1.82) is 0 Å². The zero-order valence-corrected chi connectivity index (χ0v) is 21.0. The zero-order valence-electron chi connectivity index (χ0n) is 20.3. The van der Waals surface area contributed by atoms with Gasteiger partial charge in [0.05, 0.1) is 6.04 Å². The fourth-order valence-corrected chi connectivity index (χ4v) is 3.65. The summed E-state index contributed by atoms with van der Waals surface area (Å²) in [6, 6.07) is 26.0. The number of amides is 2. The highest BCUT2D eigenvalue weighted by Crippen LogP contribution is 2.25. The fraction of sp³-hybridized carbons (Fsp3) is 0.241. The van der Waals surface area contributed by atoms with Gasteiger partial charge in [-0.1, -0.05) is 78.3 Å². The number of nitrogens with one attached hydrogen (secondary N) is 2. The molecule has 2 N–H and O–H groups in total. The summed E-state index contributed by atoms with van der Waals surface area (Å²) in [5.41, 5.74) is 3.04. The maximum atomic E-state index is 12.8. The lowest BCUT2D eigenvalue weighted by atomic mass is 9.95. The molecule has 0 aliphatic carbocycles. The lowest BCUT2D eigenvalue weighted by Gasteiger charge is -2.21. The number of halogens is 1. The van der Waals surface area contributed by atoms with Crippen LogP contribution in [-0.4, -0.2) is 23.6 Å². The van der Waals surface area contributed by atoms with Crippen molar-refractivity contribution in [3.8, 4) is 0 Å². The molecule has 3 aromatic carbocycles. The van der Waals surface area contributed by atoms with E-state index in [9.17, 15) is 9.59 Å². The van der Waals surface area contributed by atoms with Crippen LogP contribution in [0.3, 0.4) is 0 Å². The highest BCUT2D eigenvalue weighted by Gasteiger charge is 2.19. The molecule has 182 valence electrons. The molecule has 0 radical (unpaired) electrons. The number of anilines is 1. The number of hydrogen-bond acceptors (Lipinski definition) is 3. The third-order valence-electron chi connectivity index (χ3n) is 5.04. The van der Waals surface area contributed by atoms with Crippen LogP contribution >= 0.6 is 11.6 Å². The van der Waals surface area contributed by atoms with Crippen molar-refractivity contribution < 1.29 is 14.3 Å². The van der Waals surface area contributed by atoms with Crippen LogP contribution in [0, 0.1) is 0 Å². The molecule has 3 rings (SSSR count). The van der Waals surface area contributed by atoms with Gasteiger partial charge in [0.15, 0.2) is 0 Å². The van der Waals surface area contributed by atoms with Gasteiger partial charge in [0.1, 0.15) is 5.60 Å². The molecule has 0 fully saturated rings. The van der Waals surface area contributed by atoms with E-state index in [1.807, 2.05) is 87.5 Å². The molecule has 0 spiro atoms. The van der Waals surface area contributed by atoms with E-state index in [2.05, 4.69) is 10.6 Å². The van der Waals surface area contributed by atoms with Crippen molar-refractivity contribution in [3.63, 3.8) is 0 Å². The van der Waals surface area contributed by atoms with Crippen LogP contribution in [0.15, 0.2) is 91.0 Å². The van der Waals surface area contributed by atoms with Gasteiger partial charge in [0, 0.05) is 17.1 Å². The van der Waals surface area contributed by atoms with E-state index in [0.717, 1.165) is 16.7 Å².